The van der Waals surface area contributed by atoms with Gasteiger partial charge in [0.1, 0.15) is 4.90 Å². The normalized spacial score (nSPS) is 12.1. The Labute approximate surface area is 79.6 Å². The molecule has 1 rings (SSSR count). The topological polar surface area (TPSA) is 34.1 Å². The summed E-state index contributed by atoms with van der Waals surface area (Å²) in [6, 6.07) is 2.86. The van der Waals surface area contributed by atoms with Gasteiger partial charge in [-0.3, -0.25) is 0 Å². The zero-order chi connectivity index (χ0) is 10.9. The van der Waals surface area contributed by atoms with Crippen molar-refractivity contribution >= 4 is 10.2 Å². The second-order valence-electron chi connectivity index (χ2n) is 2.76. The first kappa shape index (κ1) is 11.0. The third kappa shape index (κ3) is 2.25. The fourth-order valence-corrected chi connectivity index (χ4v) is 1.74. The van der Waals surface area contributed by atoms with Crippen LogP contribution >= 0.6 is 0 Å². The highest BCUT2D eigenvalue weighted by atomic mass is 32.3. The molecule has 14 heavy (non-hydrogen) atoms. The molecular weight excluding hydrogens is 217 g/mol. The lowest BCUT2D eigenvalue weighted by Crippen LogP contribution is -1.97. The summed E-state index contributed by atoms with van der Waals surface area (Å²) < 4.78 is 57.9. The van der Waals surface area contributed by atoms with E-state index in [1.54, 1.807) is 0 Å². The minimum Gasteiger partial charge on any atom is -0.205 e. The van der Waals surface area contributed by atoms with E-state index >= 15 is 0 Å². The van der Waals surface area contributed by atoms with Gasteiger partial charge in [-0.05, 0) is 18.6 Å². The largest absolute Gasteiger partial charge is 0.332 e. The van der Waals surface area contributed by atoms with E-state index in [0.29, 0.717) is 6.07 Å². The number of benzene rings is 1. The molecule has 0 amide bonds. The third-order valence-corrected chi connectivity index (χ3v) is 2.69. The van der Waals surface area contributed by atoms with Crippen LogP contribution in [0.25, 0.3) is 0 Å². The molecule has 0 bridgehead atoms. The quantitative estimate of drug-likeness (QED) is 0.723. The summed E-state index contributed by atoms with van der Waals surface area (Å²) in [5.41, 5.74) is -0.399. The maximum atomic E-state index is 12.6. The Kier molecular flexibility index (Phi) is 2.84. The van der Waals surface area contributed by atoms with Crippen molar-refractivity contribution in [3.05, 3.63) is 29.3 Å². The summed E-state index contributed by atoms with van der Waals surface area (Å²) in [6.45, 7) is 1.34. The molecule has 0 aliphatic heterocycles. The van der Waals surface area contributed by atoms with Crippen LogP contribution in [0.5, 0.6) is 0 Å². The van der Waals surface area contributed by atoms with E-state index in [0.717, 1.165) is 12.1 Å². The zero-order valence-electron chi connectivity index (χ0n) is 7.17. The Morgan fingerprint density at radius 2 is 1.86 bits per heavy atom. The first-order valence-electron chi connectivity index (χ1n) is 3.65. The van der Waals surface area contributed by atoms with Crippen molar-refractivity contribution in [2.75, 3.05) is 0 Å². The lowest BCUT2D eigenvalue weighted by molar-refractivity contribution is 0.151. The smallest absolute Gasteiger partial charge is 0.205 e. The molecule has 78 valence electrons. The Morgan fingerprint density at radius 1 is 1.29 bits per heavy atom. The second kappa shape index (κ2) is 3.61. The third-order valence-electron chi connectivity index (χ3n) is 1.73. The van der Waals surface area contributed by atoms with Crippen LogP contribution < -0.4 is 0 Å². The summed E-state index contributed by atoms with van der Waals surface area (Å²) in [5, 5.41) is 0. The first-order chi connectivity index (χ1) is 6.32. The minimum atomic E-state index is -4.92. The van der Waals surface area contributed by atoms with Gasteiger partial charge in [0.2, 0.25) is 0 Å². The van der Waals surface area contributed by atoms with Crippen LogP contribution in [-0.2, 0) is 10.2 Å². The van der Waals surface area contributed by atoms with Crippen molar-refractivity contribution in [3.63, 3.8) is 0 Å². The molecule has 1 aromatic rings. The van der Waals surface area contributed by atoms with Crippen LogP contribution in [0.3, 0.4) is 0 Å². The molecule has 0 atom stereocenters. The highest BCUT2D eigenvalue weighted by molar-refractivity contribution is 7.86. The zero-order valence-corrected chi connectivity index (χ0v) is 7.98. The van der Waals surface area contributed by atoms with E-state index in [-0.39, 0.29) is 5.56 Å². The molecule has 0 aliphatic carbocycles. The number of alkyl halides is 2. The molecular formula is C8H7F3O2S. The fraction of sp³-hybridized carbons (Fsp3) is 0.250. The van der Waals surface area contributed by atoms with Gasteiger partial charge >= 0.3 is 10.2 Å². The minimum absolute atomic E-state index is 0.108. The first-order valence-corrected chi connectivity index (χ1v) is 5.04. The number of rotatable bonds is 2. The van der Waals surface area contributed by atoms with E-state index in [2.05, 4.69) is 0 Å². The molecule has 0 unspecified atom stereocenters. The molecule has 6 heteroatoms. The monoisotopic (exact) mass is 224 g/mol. The molecule has 0 spiro atoms. The molecule has 0 N–H and O–H groups in total. The van der Waals surface area contributed by atoms with Gasteiger partial charge in [-0.25, -0.2) is 8.78 Å². The van der Waals surface area contributed by atoms with Gasteiger partial charge in [0.05, 0.1) is 0 Å². The lowest BCUT2D eigenvalue weighted by Gasteiger charge is -2.04. The van der Waals surface area contributed by atoms with Crippen LogP contribution in [0.1, 0.15) is 17.6 Å². The van der Waals surface area contributed by atoms with E-state index in [1.165, 1.54) is 6.92 Å². The molecule has 0 fully saturated rings. The molecule has 0 radical (unpaired) electrons. The SMILES string of the molecule is Cc1ccc(C(F)F)cc1S(=O)(=O)F. The summed E-state index contributed by atoms with van der Waals surface area (Å²) in [6.07, 6.45) is -2.81. The van der Waals surface area contributed by atoms with Crippen LogP contribution in [-0.4, -0.2) is 8.42 Å². The van der Waals surface area contributed by atoms with E-state index in [1.807, 2.05) is 0 Å². The Balaban J connectivity index is 3.37. The van der Waals surface area contributed by atoms with E-state index in [9.17, 15) is 21.1 Å². The molecule has 0 saturated heterocycles. The second-order valence-corrected chi connectivity index (χ2v) is 4.08. The fourth-order valence-electron chi connectivity index (χ4n) is 1.02. The van der Waals surface area contributed by atoms with Crippen LogP contribution in [0.4, 0.5) is 12.7 Å². The van der Waals surface area contributed by atoms with Crippen molar-refractivity contribution in [1.82, 2.24) is 0 Å². The van der Waals surface area contributed by atoms with E-state index in [4.69, 9.17) is 0 Å². The van der Waals surface area contributed by atoms with E-state index < -0.39 is 27.1 Å². The van der Waals surface area contributed by atoms with Crippen LogP contribution in [0.15, 0.2) is 23.1 Å². The maximum Gasteiger partial charge on any atom is 0.332 e. The van der Waals surface area contributed by atoms with Gasteiger partial charge in [-0.1, -0.05) is 12.1 Å². The highest BCUT2D eigenvalue weighted by Crippen LogP contribution is 2.25. The average Bonchev–Trinajstić information content (AvgIpc) is 2.02. The van der Waals surface area contributed by atoms with Gasteiger partial charge in [-0.2, -0.15) is 8.42 Å². The van der Waals surface area contributed by atoms with Gasteiger partial charge in [0, 0.05) is 5.56 Å². The van der Waals surface area contributed by atoms with Crippen molar-refractivity contribution in [3.8, 4) is 0 Å². The van der Waals surface area contributed by atoms with Crippen LogP contribution in [0, 0.1) is 6.92 Å². The van der Waals surface area contributed by atoms with Crippen molar-refractivity contribution in [2.24, 2.45) is 0 Å². The van der Waals surface area contributed by atoms with Crippen molar-refractivity contribution < 1.29 is 21.1 Å². The summed E-state index contributed by atoms with van der Waals surface area (Å²) in [5.74, 6) is 0. The van der Waals surface area contributed by atoms with Gasteiger partial charge < -0.3 is 0 Å². The van der Waals surface area contributed by atoms with Gasteiger partial charge in [0.15, 0.2) is 0 Å². The average molecular weight is 224 g/mol. The molecule has 2 nitrogen and oxygen atoms in total. The molecule has 0 heterocycles. The molecule has 0 aromatic heterocycles. The Bertz CT molecular complexity index is 440. The molecule has 0 saturated carbocycles. The molecule has 1 aromatic carbocycles. The van der Waals surface area contributed by atoms with Crippen molar-refractivity contribution in [1.29, 1.82) is 0 Å². The lowest BCUT2D eigenvalue weighted by atomic mass is 10.1. The van der Waals surface area contributed by atoms with Crippen LogP contribution in [0.2, 0.25) is 0 Å². The molecule has 0 aliphatic rings. The number of hydrogen-bond donors (Lipinski definition) is 0. The van der Waals surface area contributed by atoms with Gasteiger partial charge in [0.25, 0.3) is 6.43 Å². The number of aryl methyl sites for hydroxylation is 1. The van der Waals surface area contributed by atoms with Crippen molar-refractivity contribution in [2.45, 2.75) is 18.2 Å². The predicted molar refractivity (Wildman–Crippen MR) is 44.4 cm³/mol. The Morgan fingerprint density at radius 3 is 2.29 bits per heavy atom. The Hall–Kier alpha value is -1.04. The standard InChI is InChI=1S/C8H7F3O2S/c1-5-2-3-6(8(9)10)4-7(5)14(11,12)13/h2-4,8H,1H3. The summed E-state index contributed by atoms with van der Waals surface area (Å²) >= 11 is 0. The number of hydrogen-bond acceptors (Lipinski definition) is 2. The summed E-state index contributed by atoms with van der Waals surface area (Å²) in [4.78, 5) is -0.699. The maximum absolute atomic E-state index is 12.6. The summed E-state index contributed by atoms with van der Waals surface area (Å²) in [7, 11) is -4.92. The predicted octanol–water partition coefficient (Wildman–Crippen LogP) is 2.59. The highest BCUT2D eigenvalue weighted by Gasteiger charge is 2.18. The number of halogens is 3. The van der Waals surface area contributed by atoms with Gasteiger partial charge in [-0.15, -0.1) is 3.89 Å².